The molecule has 1 aliphatic heterocycles. The zero-order valence-corrected chi connectivity index (χ0v) is 13.8. The highest BCUT2D eigenvalue weighted by atomic mass is 16.6. The van der Waals surface area contributed by atoms with E-state index in [1.165, 1.54) is 6.07 Å². The molecule has 1 aromatic carbocycles. The molecule has 27 heavy (non-hydrogen) atoms. The maximum atomic E-state index is 12.4. The van der Waals surface area contributed by atoms with E-state index in [0.717, 1.165) is 22.8 Å². The molecule has 138 valence electrons. The number of nitrogens with two attached hydrogens (primary N) is 1. The van der Waals surface area contributed by atoms with Crippen molar-refractivity contribution in [3.63, 3.8) is 0 Å². The lowest BCUT2D eigenvalue weighted by molar-refractivity contribution is -0.384. The standard InChI is InChI=1S/C16H12N4O7/c1-2-27-16(24)7-3-4-9(10(5-7)20(25)26)19-11(21)6-8-12(13(19)17)15(23)18-14(8)22/h3-6H,2,17H2,1H3,(H,18,22,23). The Morgan fingerprint density at radius 3 is 2.59 bits per heavy atom. The van der Waals surface area contributed by atoms with Gasteiger partial charge < -0.3 is 10.5 Å². The number of nitro groups is 1. The number of nitrogens with zero attached hydrogens (tertiary/aromatic N) is 2. The molecule has 0 radical (unpaired) electrons. The molecule has 3 rings (SSSR count). The molecule has 11 heteroatoms. The average molecular weight is 372 g/mol. The van der Waals surface area contributed by atoms with Crippen LogP contribution in [-0.2, 0) is 4.74 Å². The van der Waals surface area contributed by atoms with Crippen LogP contribution in [0.25, 0.3) is 5.69 Å². The number of nitro benzene ring substituents is 1. The van der Waals surface area contributed by atoms with Gasteiger partial charge in [0, 0.05) is 12.1 Å². The SMILES string of the molecule is CCOC(=O)c1ccc(-n2c(N)c3c(cc2=O)C(=O)NC3=O)c([N+](=O)[O-])c1. The number of anilines is 1. The number of fused-ring (bicyclic) bond motifs is 1. The summed E-state index contributed by atoms with van der Waals surface area (Å²) in [5, 5.41) is 13.5. The third-order valence-corrected chi connectivity index (χ3v) is 3.88. The van der Waals surface area contributed by atoms with E-state index < -0.39 is 39.8 Å². The molecule has 0 saturated heterocycles. The fraction of sp³-hybridized carbons (Fsp3) is 0.125. The highest BCUT2D eigenvalue weighted by Crippen LogP contribution is 2.28. The molecule has 11 nitrogen and oxygen atoms in total. The van der Waals surface area contributed by atoms with Crippen LogP contribution in [0.15, 0.2) is 29.1 Å². The van der Waals surface area contributed by atoms with Gasteiger partial charge in [0.05, 0.1) is 28.2 Å². The van der Waals surface area contributed by atoms with Gasteiger partial charge in [-0.2, -0.15) is 0 Å². The van der Waals surface area contributed by atoms with Gasteiger partial charge in [0.25, 0.3) is 23.1 Å². The summed E-state index contributed by atoms with van der Waals surface area (Å²) in [4.78, 5) is 58.5. The molecular weight excluding hydrogens is 360 g/mol. The van der Waals surface area contributed by atoms with Crippen LogP contribution in [0.5, 0.6) is 0 Å². The number of hydrogen-bond acceptors (Lipinski definition) is 8. The van der Waals surface area contributed by atoms with Crippen molar-refractivity contribution in [2.75, 3.05) is 12.3 Å². The summed E-state index contributed by atoms with van der Waals surface area (Å²) >= 11 is 0. The highest BCUT2D eigenvalue weighted by molar-refractivity contribution is 6.23. The first-order chi connectivity index (χ1) is 12.8. The number of pyridine rings is 1. The summed E-state index contributed by atoms with van der Waals surface area (Å²) in [5.41, 5.74) is 3.63. The Bertz CT molecular complexity index is 1090. The number of imide groups is 1. The van der Waals surface area contributed by atoms with Gasteiger partial charge in [-0.3, -0.25) is 34.4 Å². The highest BCUT2D eigenvalue weighted by Gasteiger charge is 2.33. The number of esters is 1. The molecule has 3 N–H and O–H groups in total. The van der Waals surface area contributed by atoms with E-state index in [0.29, 0.717) is 0 Å². The Labute approximate surface area is 150 Å². The molecule has 0 saturated carbocycles. The number of ether oxygens (including phenoxy) is 1. The molecule has 0 unspecified atom stereocenters. The summed E-state index contributed by atoms with van der Waals surface area (Å²) in [6.07, 6.45) is 0. The maximum absolute atomic E-state index is 12.4. The minimum atomic E-state index is -0.844. The van der Waals surface area contributed by atoms with E-state index in [-0.39, 0.29) is 29.0 Å². The predicted octanol–water partition coefficient (Wildman–Crippen LogP) is 0.388. The van der Waals surface area contributed by atoms with E-state index in [1.807, 2.05) is 5.32 Å². The smallest absolute Gasteiger partial charge is 0.338 e. The first-order valence-electron chi connectivity index (χ1n) is 7.63. The number of benzene rings is 1. The van der Waals surface area contributed by atoms with Crippen molar-refractivity contribution in [3.05, 3.63) is 61.4 Å². The van der Waals surface area contributed by atoms with Crippen molar-refractivity contribution in [2.24, 2.45) is 0 Å². The van der Waals surface area contributed by atoms with Gasteiger partial charge in [0.1, 0.15) is 11.5 Å². The monoisotopic (exact) mass is 372 g/mol. The van der Waals surface area contributed by atoms with E-state index in [4.69, 9.17) is 10.5 Å². The lowest BCUT2D eigenvalue weighted by Gasteiger charge is -2.12. The Morgan fingerprint density at radius 1 is 1.26 bits per heavy atom. The Hall–Kier alpha value is -4.02. The summed E-state index contributed by atoms with van der Waals surface area (Å²) in [6, 6.07) is 4.18. The van der Waals surface area contributed by atoms with Crippen LogP contribution in [0, 0.1) is 10.1 Å². The summed E-state index contributed by atoms with van der Waals surface area (Å²) in [5.74, 6) is -2.79. The van der Waals surface area contributed by atoms with Crippen LogP contribution in [0.2, 0.25) is 0 Å². The van der Waals surface area contributed by atoms with Gasteiger partial charge >= 0.3 is 5.97 Å². The Balaban J connectivity index is 2.26. The minimum Gasteiger partial charge on any atom is -0.462 e. The molecule has 0 fully saturated rings. The molecular formula is C16H12N4O7. The minimum absolute atomic E-state index is 0.0781. The number of carbonyl (C=O) groups is 3. The zero-order chi connectivity index (χ0) is 19.9. The number of nitrogens with one attached hydrogen (secondary N) is 1. The lowest BCUT2D eigenvalue weighted by Crippen LogP contribution is -2.25. The van der Waals surface area contributed by atoms with Crippen LogP contribution < -0.4 is 16.6 Å². The third kappa shape index (κ3) is 2.80. The van der Waals surface area contributed by atoms with Crippen LogP contribution in [0.3, 0.4) is 0 Å². The number of rotatable bonds is 4. The molecule has 0 bridgehead atoms. The van der Waals surface area contributed by atoms with Crippen molar-refractivity contribution < 1.29 is 24.0 Å². The van der Waals surface area contributed by atoms with Crippen LogP contribution in [-0.4, -0.2) is 33.9 Å². The normalized spacial score (nSPS) is 12.5. The van der Waals surface area contributed by atoms with Gasteiger partial charge in [-0.25, -0.2) is 4.79 Å². The number of hydrogen-bond donors (Lipinski definition) is 2. The van der Waals surface area contributed by atoms with E-state index >= 15 is 0 Å². The number of nitrogen functional groups attached to an aromatic ring is 1. The first kappa shape index (κ1) is 17.8. The summed E-state index contributed by atoms with van der Waals surface area (Å²) in [7, 11) is 0. The Morgan fingerprint density at radius 2 is 1.96 bits per heavy atom. The molecule has 0 atom stereocenters. The van der Waals surface area contributed by atoms with Gasteiger partial charge in [-0.05, 0) is 19.1 Å². The molecule has 0 spiro atoms. The molecule has 1 aromatic heterocycles. The predicted molar refractivity (Wildman–Crippen MR) is 90.9 cm³/mol. The van der Waals surface area contributed by atoms with E-state index in [2.05, 4.69) is 0 Å². The van der Waals surface area contributed by atoms with Crippen LogP contribution in [0.1, 0.15) is 38.0 Å². The van der Waals surface area contributed by atoms with Crippen LogP contribution >= 0.6 is 0 Å². The van der Waals surface area contributed by atoms with E-state index in [1.54, 1.807) is 6.92 Å². The molecule has 2 aromatic rings. The fourth-order valence-electron chi connectivity index (χ4n) is 2.73. The third-order valence-electron chi connectivity index (χ3n) is 3.88. The van der Waals surface area contributed by atoms with Crippen molar-refractivity contribution in [3.8, 4) is 5.69 Å². The first-order valence-corrected chi connectivity index (χ1v) is 7.63. The van der Waals surface area contributed by atoms with Crippen molar-refractivity contribution in [1.82, 2.24) is 9.88 Å². The van der Waals surface area contributed by atoms with Gasteiger partial charge in [-0.15, -0.1) is 0 Å². The average Bonchev–Trinajstić information content (AvgIpc) is 2.89. The second kappa shape index (κ2) is 6.37. The van der Waals surface area contributed by atoms with Crippen molar-refractivity contribution in [1.29, 1.82) is 0 Å². The van der Waals surface area contributed by atoms with Crippen molar-refractivity contribution >= 4 is 29.3 Å². The van der Waals surface area contributed by atoms with Gasteiger partial charge in [0.15, 0.2) is 0 Å². The topological polar surface area (TPSA) is 164 Å². The molecule has 2 heterocycles. The number of amides is 2. The zero-order valence-electron chi connectivity index (χ0n) is 13.8. The lowest BCUT2D eigenvalue weighted by atomic mass is 10.1. The van der Waals surface area contributed by atoms with Gasteiger partial charge in [-0.1, -0.05) is 0 Å². The largest absolute Gasteiger partial charge is 0.462 e. The number of carbonyl (C=O) groups excluding carboxylic acids is 3. The fourth-order valence-corrected chi connectivity index (χ4v) is 2.73. The van der Waals surface area contributed by atoms with Gasteiger partial charge in [0.2, 0.25) is 0 Å². The molecule has 1 aliphatic rings. The van der Waals surface area contributed by atoms with Crippen molar-refractivity contribution in [2.45, 2.75) is 6.92 Å². The second-order valence-electron chi connectivity index (χ2n) is 5.46. The van der Waals surface area contributed by atoms with Crippen LogP contribution in [0.4, 0.5) is 11.5 Å². The summed E-state index contributed by atoms with van der Waals surface area (Å²) < 4.78 is 5.54. The molecule has 2 amide bonds. The molecule has 0 aliphatic carbocycles. The maximum Gasteiger partial charge on any atom is 0.338 e. The number of aromatic nitrogens is 1. The Kier molecular flexibility index (Phi) is 4.20. The summed E-state index contributed by atoms with van der Waals surface area (Å²) in [6.45, 7) is 1.66. The second-order valence-corrected chi connectivity index (χ2v) is 5.46. The van der Waals surface area contributed by atoms with E-state index in [9.17, 15) is 29.3 Å². The quantitative estimate of drug-likeness (QED) is 0.337.